The lowest BCUT2D eigenvalue weighted by Gasteiger charge is -2.29. The van der Waals surface area contributed by atoms with Crippen molar-refractivity contribution in [3.05, 3.63) is 125 Å². The van der Waals surface area contributed by atoms with Gasteiger partial charge in [-0.1, -0.05) is 72.8 Å². The Kier molecular flexibility index (Phi) is 11.7. The molecule has 0 aliphatic carbocycles. The highest BCUT2D eigenvalue weighted by Gasteiger charge is 2.52. The molecule has 0 aliphatic rings. The highest BCUT2D eigenvalue weighted by molar-refractivity contribution is 6.11. The normalized spacial score (nSPS) is 11.3. The SMILES string of the molecule is CCOC(=O)C(COC(=O)Cc1cccc(C=O)c1NC(=O)c1ccccc1-c1ccc(C(F)(F)F)cc1)(C(=O)OCC)c1ccccc1. The molecule has 9 nitrogen and oxygen atoms in total. The molecule has 0 saturated carbocycles. The van der Waals surface area contributed by atoms with E-state index in [0.717, 1.165) is 12.1 Å². The van der Waals surface area contributed by atoms with Gasteiger partial charge in [0.15, 0.2) is 6.29 Å². The molecule has 0 bridgehead atoms. The van der Waals surface area contributed by atoms with Crippen LogP contribution in [0, 0.1) is 0 Å². The number of carbonyl (C=O) groups is 5. The summed E-state index contributed by atoms with van der Waals surface area (Å²) in [5.41, 5.74) is -1.84. The van der Waals surface area contributed by atoms with Gasteiger partial charge in [0.2, 0.25) is 5.41 Å². The van der Waals surface area contributed by atoms with Crippen LogP contribution in [0.25, 0.3) is 11.1 Å². The summed E-state index contributed by atoms with van der Waals surface area (Å²) >= 11 is 0. The van der Waals surface area contributed by atoms with Crippen molar-refractivity contribution in [2.75, 3.05) is 25.1 Å². The summed E-state index contributed by atoms with van der Waals surface area (Å²) in [6.07, 6.45) is -4.55. The molecule has 4 aromatic carbocycles. The van der Waals surface area contributed by atoms with Crippen molar-refractivity contribution in [3.63, 3.8) is 0 Å². The largest absolute Gasteiger partial charge is 0.465 e. The molecule has 1 N–H and O–H groups in total. The summed E-state index contributed by atoms with van der Waals surface area (Å²) in [6.45, 7) is 2.23. The molecule has 0 atom stereocenters. The highest BCUT2D eigenvalue weighted by atomic mass is 19.4. The standard InChI is InChI=1S/C37H32F3NO8/c1-3-47-34(45)36(35(46)48-4-2,27-13-6-5-7-14-27)23-49-31(43)21-25-11-10-12-26(22-42)32(25)41-33(44)30-16-9-8-15-29(30)24-17-19-28(20-18-24)37(38,39)40/h5-20,22H,3-4,21,23H2,1-2H3,(H,41,44). The molecule has 0 aliphatic heterocycles. The summed E-state index contributed by atoms with van der Waals surface area (Å²) in [6, 6.07) is 22.8. The number of aldehydes is 1. The quantitative estimate of drug-likeness (QED) is 0.0729. The molecule has 4 rings (SSSR count). The second-order valence-electron chi connectivity index (χ2n) is 10.6. The smallest absolute Gasteiger partial charge is 0.416 e. The number of rotatable bonds is 13. The number of hydrogen-bond acceptors (Lipinski definition) is 8. The number of esters is 3. The number of amides is 1. The number of nitrogens with one attached hydrogen (secondary N) is 1. The van der Waals surface area contributed by atoms with Gasteiger partial charge >= 0.3 is 24.1 Å². The van der Waals surface area contributed by atoms with Crippen LogP contribution in [0.4, 0.5) is 18.9 Å². The molecule has 0 saturated heterocycles. The van der Waals surface area contributed by atoms with E-state index in [1.807, 2.05) is 0 Å². The van der Waals surface area contributed by atoms with E-state index in [2.05, 4.69) is 5.32 Å². The van der Waals surface area contributed by atoms with Crippen molar-refractivity contribution >= 4 is 35.8 Å². The molecule has 12 heteroatoms. The monoisotopic (exact) mass is 675 g/mol. The Hall–Kier alpha value is -5.78. The van der Waals surface area contributed by atoms with Gasteiger partial charge < -0.3 is 19.5 Å². The Balaban J connectivity index is 1.62. The van der Waals surface area contributed by atoms with Gasteiger partial charge in [-0.25, -0.2) is 0 Å². The number of anilines is 1. The minimum absolute atomic E-state index is 0.00761. The Morgan fingerprint density at radius 1 is 0.714 bits per heavy atom. The van der Waals surface area contributed by atoms with Gasteiger partial charge in [-0.3, -0.25) is 24.0 Å². The first-order valence-electron chi connectivity index (χ1n) is 15.2. The summed E-state index contributed by atoms with van der Waals surface area (Å²) in [5, 5.41) is 2.66. The van der Waals surface area contributed by atoms with Crippen LogP contribution in [0.2, 0.25) is 0 Å². The van der Waals surface area contributed by atoms with Gasteiger partial charge in [-0.05, 0) is 60.4 Å². The maximum atomic E-state index is 13.6. The van der Waals surface area contributed by atoms with E-state index in [4.69, 9.17) is 14.2 Å². The zero-order chi connectivity index (χ0) is 35.6. The lowest BCUT2D eigenvalue weighted by molar-refractivity contribution is -0.170. The summed E-state index contributed by atoms with van der Waals surface area (Å²) in [7, 11) is 0. The first-order valence-corrected chi connectivity index (χ1v) is 15.2. The van der Waals surface area contributed by atoms with Crippen LogP contribution in [-0.2, 0) is 46.6 Å². The molecular formula is C37H32F3NO8. The number of para-hydroxylation sites is 1. The number of alkyl halides is 3. The van der Waals surface area contributed by atoms with Crippen molar-refractivity contribution in [1.29, 1.82) is 0 Å². The van der Waals surface area contributed by atoms with Crippen LogP contribution in [-0.4, -0.2) is 49.9 Å². The molecule has 0 aromatic heterocycles. The predicted octanol–water partition coefficient (Wildman–Crippen LogP) is 6.59. The topological polar surface area (TPSA) is 125 Å². The fraction of sp³-hybridized carbons (Fsp3) is 0.216. The summed E-state index contributed by atoms with van der Waals surface area (Å²) < 4.78 is 55.3. The van der Waals surface area contributed by atoms with Gasteiger partial charge in [0, 0.05) is 11.1 Å². The molecule has 0 unspecified atom stereocenters. The number of carbonyl (C=O) groups excluding carboxylic acids is 5. The van der Waals surface area contributed by atoms with E-state index in [-0.39, 0.29) is 41.2 Å². The average Bonchev–Trinajstić information content (AvgIpc) is 3.09. The second kappa shape index (κ2) is 15.9. The predicted molar refractivity (Wildman–Crippen MR) is 173 cm³/mol. The number of benzene rings is 4. The van der Waals surface area contributed by atoms with Crippen molar-refractivity contribution in [2.24, 2.45) is 0 Å². The van der Waals surface area contributed by atoms with E-state index in [0.29, 0.717) is 17.4 Å². The van der Waals surface area contributed by atoms with Crippen LogP contribution in [0.3, 0.4) is 0 Å². The second-order valence-corrected chi connectivity index (χ2v) is 10.6. The zero-order valence-electron chi connectivity index (χ0n) is 26.5. The van der Waals surface area contributed by atoms with Crippen LogP contribution in [0.15, 0.2) is 97.1 Å². The Morgan fingerprint density at radius 3 is 1.92 bits per heavy atom. The Bertz CT molecular complexity index is 1800. The summed E-state index contributed by atoms with van der Waals surface area (Å²) in [4.78, 5) is 65.5. The molecule has 254 valence electrons. The molecule has 1 amide bonds. The minimum atomic E-state index is -4.54. The Morgan fingerprint density at radius 2 is 1.33 bits per heavy atom. The molecule has 4 aromatic rings. The minimum Gasteiger partial charge on any atom is -0.465 e. The molecule has 0 radical (unpaired) electrons. The fourth-order valence-electron chi connectivity index (χ4n) is 5.12. The van der Waals surface area contributed by atoms with E-state index < -0.39 is 54.0 Å². The van der Waals surface area contributed by atoms with E-state index in [1.165, 1.54) is 48.5 Å². The number of ether oxygens (including phenoxy) is 3. The van der Waals surface area contributed by atoms with E-state index in [1.54, 1.807) is 50.2 Å². The van der Waals surface area contributed by atoms with Gasteiger partial charge in [0.05, 0.1) is 30.9 Å². The van der Waals surface area contributed by atoms with Gasteiger partial charge in [0.1, 0.15) is 6.61 Å². The molecular weight excluding hydrogens is 643 g/mol. The first-order chi connectivity index (χ1) is 23.5. The summed E-state index contributed by atoms with van der Waals surface area (Å²) in [5.74, 6) is -3.56. The van der Waals surface area contributed by atoms with E-state index in [9.17, 15) is 37.1 Å². The highest BCUT2D eigenvalue weighted by Crippen LogP contribution is 2.33. The van der Waals surface area contributed by atoms with Crippen molar-refractivity contribution in [1.82, 2.24) is 0 Å². The molecule has 0 spiro atoms. The number of halogens is 3. The van der Waals surface area contributed by atoms with Gasteiger partial charge in [-0.2, -0.15) is 13.2 Å². The maximum Gasteiger partial charge on any atom is 0.416 e. The van der Waals surface area contributed by atoms with E-state index >= 15 is 0 Å². The maximum absolute atomic E-state index is 13.6. The third-order valence-corrected chi connectivity index (χ3v) is 7.54. The molecule has 49 heavy (non-hydrogen) atoms. The van der Waals surface area contributed by atoms with Crippen LogP contribution in [0.1, 0.15) is 51.3 Å². The lowest BCUT2D eigenvalue weighted by atomic mass is 9.81. The first kappa shape index (κ1) is 36.1. The van der Waals surface area contributed by atoms with Gasteiger partial charge in [-0.15, -0.1) is 0 Å². The van der Waals surface area contributed by atoms with Crippen LogP contribution < -0.4 is 5.32 Å². The third-order valence-electron chi connectivity index (χ3n) is 7.54. The van der Waals surface area contributed by atoms with Crippen molar-refractivity contribution in [2.45, 2.75) is 31.9 Å². The number of hydrogen-bond donors (Lipinski definition) is 1. The molecule has 0 fully saturated rings. The third kappa shape index (κ3) is 8.21. The van der Waals surface area contributed by atoms with Crippen LogP contribution >= 0.6 is 0 Å². The van der Waals surface area contributed by atoms with Gasteiger partial charge in [0.25, 0.3) is 5.91 Å². The Labute approximate surface area is 280 Å². The average molecular weight is 676 g/mol. The van der Waals surface area contributed by atoms with Crippen molar-refractivity contribution in [3.8, 4) is 11.1 Å². The lowest BCUT2D eigenvalue weighted by Crippen LogP contribution is -2.50. The van der Waals surface area contributed by atoms with Crippen LogP contribution in [0.5, 0.6) is 0 Å². The zero-order valence-corrected chi connectivity index (χ0v) is 26.5. The molecule has 0 heterocycles. The van der Waals surface area contributed by atoms with Crippen molar-refractivity contribution < 1.29 is 51.4 Å². The fourth-order valence-corrected chi connectivity index (χ4v) is 5.12.